The van der Waals surface area contributed by atoms with Crippen LogP contribution in [0.5, 0.6) is 0 Å². The largest absolute Gasteiger partial charge is 0.373 e. The summed E-state index contributed by atoms with van der Waals surface area (Å²) in [6, 6.07) is 9.77. The maximum atomic E-state index is 5.88. The molecule has 2 rings (SSSR count). The smallest absolute Gasteiger partial charge is 0.134 e. The average molecular weight is 277 g/mol. The first kappa shape index (κ1) is 13.6. The second-order valence-electron chi connectivity index (χ2n) is 4.39. The molecule has 1 aromatic carbocycles. The molecular weight excluding hydrogens is 260 g/mol. The van der Waals surface area contributed by atoms with Crippen molar-refractivity contribution in [1.82, 2.24) is 9.97 Å². The molecule has 0 unspecified atom stereocenters. The molecule has 0 saturated heterocycles. The van der Waals surface area contributed by atoms with E-state index in [9.17, 15) is 0 Å². The van der Waals surface area contributed by atoms with Crippen LogP contribution in [0.4, 0.5) is 11.6 Å². The molecular formula is C14H17ClN4. The van der Waals surface area contributed by atoms with Crippen LogP contribution in [0.15, 0.2) is 30.3 Å². The third-order valence-electron chi connectivity index (χ3n) is 2.80. The van der Waals surface area contributed by atoms with Crippen molar-refractivity contribution in [3.05, 3.63) is 46.7 Å². The van der Waals surface area contributed by atoms with Crippen LogP contribution in [0, 0.1) is 6.92 Å². The van der Waals surface area contributed by atoms with Gasteiger partial charge in [-0.15, -0.1) is 0 Å². The zero-order chi connectivity index (χ0) is 13.8. The molecule has 1 N–H and O–H groups in total. The Bertz CT molecular complexity index is 554. The number of aromatic nitrogens is 2. The van der Waals surface area contributed by atoms with E-state index < -0.39 is 0 Å². The normalized spacial score (nSPS) is 10.3. The predicted octanol–water partition coefficient (Wildman–Crippen LogP) is 3.12. The molecule has 0 radical (unpaired) electrons. The van der Waals surface area contributed by atoms with Crippen LogP contribution in [-0.2, 0) is 6.54 Å². The van der Waals surface area contributed by atoms with Crippen molar-refractivity contribution in [3.63, 3.8) is 0 Å². The summed E-state index contributed by atoms with van der Waals surface area (Å²) >= 11 is 5.88. The summed E-state index contributed by atoms with van der Waals surface area (Å²) in [4.78, 5) is 10.8. The van der Waals surface area contributed by atoms with Gasteiger partial charge >= 0.3 is 0 Å². The van der Waals surface area contributed by atoms with Crippen LogP contribution in [0.3, 0.4) is 0 Å². The van der Waals surface area contributed by atoms with Gasteiger partial charge in [-0.3, -0.25) is 0 Å². The first-order valence-electron chi connectivity index (χ1n) is 6.07. The molecule has 0 aliphatic carbocycles. The van der Waals surface area contributed by atoms with E-state index in [0.717, 1.165) is 29.0 Å². The average Bonchev–Trinajstić information content (AvgIpc) is 2.40. The van der Waals surface area contributed by atoms with Crippen molar-refractivity contribution in [2.24, 2.45) is 0 Å². The summed E-state index contributed by atoms with van der Waals surface area (Å²) in [6.07, 6.45) is 0. The van der Waals surface area contributed by atoms with Gasteiger partial charge in [-0.1, -0.05) is 23.7 Å². The molecule has 0 aliphatic heterocycles. The van der Waals surface area contributed by atoms with E-state index in [4.69, 9.17) is 11.6 Å². The molecule has 2 aromatic rings. The van der Waals surface area contributed by atoms with Gasteiger partial charge < -0.3 is 10.2 Å². The van der Waals surface area contributed by atoms with Gasteiger partial charge in [0.05, 0.1) is 0 Å². The van der Waals surface area contributed by atoms with Gasteiger partial charge in [0.15, 0.2) is 0 Å². The number of nitrogens with one attached hydrogen (secondary N) is 1. The third kappa shape index (κ3) is 3.58. The van der Waals surface area contributed by atoms with E-state index in [1.807, 2.05) is 51.4 Å². The van der Waals surface area contributed by atoms with E-state index in [-0.39, 0.29) is 0 Å². The summed E-state index contributed by atoms with van der Waals surface area (Å²) in [5, 5.41) is 3.79. The van der Waals surface area contributed by atoms with Crippen LogP contribution in [-0.4, -0.2) is 24.1 Å². The lowest BCUT2D eigenvalue weighted by Gasteiger charge is -2.19. The molecule has 19 heavy (non-hydrogen) atoms. The van der Waals surface area contributed by atoms with E-state index >= 15 is 0 Å². The zero-order valence-corrected chi connectivity index (χ0v) is 12.1. The fourth-order valence-electron chi connectivity index (χ4n) is 1.82. The number of anilines is 2. The molecule has 1 heterocycles. The van der Waals surface area contributed by atoms with Gasteiger partial charge in [0.1, 0.15) is 17.5 Å². The van der Waals surface area contributed by atoms with Gasteiger partial charge in [-0.25, -0.2) is 9.97 Å². The molecule has 5 heteroatoms. The number of rotatable bonds is 4. The first-order chi connectivity index (χ1) is 9.08. The number of hydrogen-bond acceptors (Lipinski definition) is 4. The molecule has 0 bridgehead atoms. The van der Waals surface area contributed by atoms with Gasteiger partial charge in [-0.2, -0.15) is 0 Å². The second kappa shape index (κ2) is 5.89. The van der Waals surface area contributed by atoms with E-state index in [2.05, 4.69) is 20.2 Å². The summed E-state index contributed by atoms with van der Waals surface area (Å²) < 4.78 is 0. The monoisotopic (exact) mass is 276 g/mol. The van der Waals surface area contributed by atoms with Crippen LogP contribution in [0.2, 0.25) is 5.02 Å². The Hall–Kier alpha value is -1.81. The third-order valence-corrected chi connectivity index (χ3v) is 3.06. The van der Waals surface area contributed by atoms with E-state index in [1.165, 1.54) is 5.56 Å². The SMILES string of the molecule is CNc1cc(N(C)Cc2ccc(Cl)cc2)nc(C)n1. The maximum Gasteiger partial charge on any atom is 0.134 e. The Morgan fingerprint density at radius 3 is 2.53 bits per heavy atom. The molecule has 0 aliphatic rings. The van der Waals surface area contributed by atoms with Gasteiger partial charge in [-0.05, 0) is 24.6 Å². The van der Waals surface area contributed by atoms with Crippen molar-refractivity contribution < 1.29 is 0 Å². The highest BCUT2D eigenvalue weighted by Crippen LogP contribution is 2.17. The number of nitrogens with zero attached hydrogens (tertiary/aromatic N) is 3. The topological polar surface area (TPSA) is 41.0 Å². The van der Waals surface area contributed by atoms with Gasteiger partial charge in [0.25, 0.3) is 0 Å². The lowest BCUT2D eigenvalue weighted by atomic mass is 10.2. The van der Waals surface area contributed by atoms with E-state index in [0.29, 0.717) is 0 Å². The van der Waals surface area contributed by atoms with Gasteiger partial charge in [0, 0.05) is 31.7 Å². The van der Waals surface area contributed by atoms with Crippen molar-refractivity contribution >= 4 is 23.2 Å². The lowest BCUT2D eigenvalue weighted by Crippen LogP contribution is -2.18. The van der Waals surface area contributed by atoms with Crippen molar-refractivity contribution in [1.29, 1.82) is 0 Å². The minimum Gasteiger partial charge on any atom is -0.373 e. The van der Waals surface area contributed by atoms with Crippen LogP contribution in [0.25, 0.3) is 0 Å². The number of benzene rings is 1. The minimum absolute atomic E-state index is 0.752. The number of hydrogen-bond donors (Lipinski definition) is 1. The fraction of sp³-hybridized carbons (Fsp3) is 0.286. The Labute approximate surface area is 118 Å². The molecule has 1 aromatic heterocycles. The first-order valence-corrected chi connectivity index (χ1v) is 6.45. The maximum absolute atomic E-state index is 5.88. The van der Waals surface area contributed by atoms with Crippen molar-refractivity contribution in [2.75, 3.05) is 24.3 Å². The highest BCUT2D eigenvalue weighted by Gasteiger charge is 2.06. The number of halogens is 1. The lowest BCUT2D eigenvalue weighted by molar-refractivity contribution is 0.880. The molecule has 4 nitrogen and oxygen atoms in total. The Kier molecular flexibility index (Phi) is 4.22. The summed E-state index contributed by atoms with van der Waals surface area (Å²) in [7, 11) is 3.86. The molecule has 0 amide bonds. The highest BCUT2D eigenvalue weighted by molar-refractivity contribution is 6.30. The molecule has 100 valence electrons. The zero-order valence-electron chi connectivity index (χ0n) is 11.3. The summed E-state index contributed by atoms with van der Waals surface area (Å²) in [6.45, 7) is 2.66. The Morgan fingerprint density at radius 2 is 1.89 bits per heavy atom. The minimum atomic E-state index is 0.752. The van der Waals surface area contributed by atoms with Crippen molar-refractivity contribution in [3.8, 4) is 0 Å². The highest BCUT2D eigenvalue weighted by atomic mass is 35.5. The molecule has 0 fully saturated rings. The molecule has 0 spiro atoms. The van der Waals surface area contributed by atoms with Crippen LogP contribution in [0.1, 0.15) is 11.4 Å². The Balaban J connectivity index is 2.17. The molecule has 0 saturated carbocycles. The molecule has 0 atom stereocenters. The summed E-state index contributed by atoms with van der Waals surface area (Å²) in [5.74, 6) is 2.47. The summed E-state index contributed by atoms with van der Waals surface area (Å²) in [5.41, 5.74) is 1.19. The Morgan fingerprint density at radius 1 is 1.21 bits per heavy atom. The quantitative estimate of drug-likeness (QED) is 0.932. The van der Waals surface area contributed by atoms with Crippen molar-refractivity contribution in [2.45, 2.75) is 13.5 Å². The van der Waals surface area contributed by atoms with E-state index in [1.54, 1.807) is 0 Å². The predicted molar refractivity (Wildman–Crippen MR) is 79.9 cm³/mol. The van der Waals surface area contributed by atoms with Gasteiger partial charge in [0.2, 0.25) is 0 Å². The standard InChI is InChI=1S/C14H17ClN4/c1-10-17-13(16-2)8-14(18-10)19(3)9-11-4-6-12(15)7-5-11/h4-8H,9H2,1-3H3,(H,16,17,18). The fourth-order valence-corrected chi connectivity index (χ4v) is 1.95. The van der Waals surface area contributed by atoms with Crippen LogP contribution < -0.4 is 10.2 Å². The van der Waals surface area contributed by atoms with Crippen LogP contribution >= 0.6 is 11.6 Å². The number of aryl methyl sites for hydroxylation is 1. The second-order valence-corrected chi connectivity index (χ2v) is 4.83.